The Balaban J connectivity index is 0.00000441. The van der Waals surface area contributed by atoms with Crippen LogP contribution >= 0.6 is 12.4 Å². The second-order valence-electron chi connectivity index (χ2n) is 4.55. The Morgan fingerprint density at radius 2 is 1.86 bits per heavy atom. The molecule has 0 heterocycles. The highest BCUT2D eigenvalue weighted by atomic mass is 35.5. The second kappa shape index (κ2) is 9.11. The Bertz CT molecular complexity index is 524. The van der Waals surface area contributed by atoms with E-state index in [-0.39, 0.29) is 24.9 Å². The van der Waals surface area contributed by atoms with E-state index in [9.17, 15) is 9.59 Å². The number of carbonyl (C=O) groups is 2. The number of amides is 1. The molecular weight excluding hydrogens is 312 g/mol. The minimum absolute atomic E-state index is 0. The van der Waals surface area contributed by atoms with Crippen molar-refractivity contribution in [2.45, 2.75) is 13.0 Å². The van der Waals surface area contributed by atoms with Gasteiger partial charge in [-0.3, -0.25) is 14.5 Å². The molecule has 0 saturated heterocycles. The molecule has 1 aromatic rings. The molecule has 0 aliphatic heterocycles. The molecule has 22 heavy (non-hydrogen) atoms. The van der Waals surface area contributed by atoms with Gasteiger partial charge in [-0.1, -0.05) is 0 Å². The quantitative estimate of drug-likeness (QED) is 0.786. The van der Waals surface area contributed by atoms with E-state index in [1.165, 1.54) is 26.0 Å². The van der Waals surface area contributed by atoms with Crippen molar-refractivity contribution in [3.8, 4) is 11.5 Å². The summed E-state index contributed by atoms with van der Waals surface area (Å²) >= 11 is 0. The minimum Gasteiger partial charge on any atom is -0.493 e. The molecule has 0 bridgehead atoms. The zero-order valence-corrected chi connectivity index (χ0v) is 13.8. The highest BCUT2D eigenvalue weighted by Crippen LogP contribution is 2.29. The third-order valence-electron chi connectivity index (χ3n) is 3.08. The number of hydrogen-bond acceptors (Lipinski definition) is 5. The molecule has 0 saturated carbocycles. The number of carboxylic acid groups (broad SMARTS) is 1. The first-order chi connectivity index (χ1) is 9.88. The first-order valence-corrected chi connectivity index (χ1v) is 6.34. The molecule has 2 N–H and O–H groups in total. The van der Waals surface area contributed by atoms with Gasteiger partial charge in [-0.2, -0.15) is 0 Å². The maximum absolute atomic E-state index is 11.9. The smallest absolute Gasteiger partial charge is 0.320 e. The lowest BCUT2D eigenvalue weighted by molar-refractivity contribution is -0.142. The largest absolute Gasteiger partial charge is 0.493 e. The number of carbonyl (C=O) groups excluding carboxylic acids is 1. The van der Waals surface area contributed by atoms with E-state index in [0.29, 0.717) is 17.2 Å². The van der Waals surface area contributed by atoms with Gasteiger partial charge in [0.2, 0.25) is 5.91 Å². The summed E-state index contributed by atoms with van der Waals surface area (Å²) in [6.07, 6.45) is 0. The molecule has 1 unspecified atom stereocenters. The molecule has 0 aromatic heterocycles. The molecule has 1 amide bonds. The molecule has 1 rings (SSSR count). The number of aliphatic carboxylic acids is 1. The number of rotatable bonds is 7. The van der Waals surface area contributed by atoms with Crippen LogP contribution in [0.25, 0.3) is 0 Å². The van der Waals surface area contributed by atoms with Crippen molar-refractivity contribution >= 4 is 30.0 Å². The van der Waals surface area contributed by atoms with Gasteiger partial charge in [0.25, 0.3) is 0 Å². The van der Waals surface area contributed by atoms with Crippen LogP contribution in [-0.2, 0) is 9.59 Å². The van der Waals surface area contributed by atoms with Gasteiger partial charge in [0.05, 0.1) is 20.8 Å². The number of nitrogens with zero attached hydrogens (tertiary/aromatic N) is 1. The first-order valence-electron chi connectivity index (χ1n) is 6.34. The lowest BCUT2D eigenvalue weighted by Crippen LogP contribution is -2.40. The van der Waals surface area contributed by atoms with Gasteiger partial charge >= 0.3 is 5.97 Å². The van der Waals surface area contributed by atoms with Gasteiger partial charge in [-0.15, -0.1) is 12.4 Å². The normalized spacial score (nSPS) is 11.3. The third-order valence-corrected chi connectivity index (χ3v) is 3.08. The zero-order valence-electron chi connectivity index (χ0n) is 13.0. The number of nitrogens with one attached hydrogen (secondary N) is 1. The van der Waals surface area contributed by atoms with E-state index < -0.39 is 12.0 Å². The molecule has 8 heteroatoms. The van der Waals surface area contributed by atoms with Crippen LogP contribution in [0.5, 0.6) is 11.5 Å². The van der Waals surface area contributed by atoms with Crippen LogP contribution in [0.15, 0.2) is 18.2 Å². The molecule has 0 fully saturated rings. The van der Waals surface area contributed by atoms with Gasteiger partial charge in [0.15, 0.2) is 11.5 Å². The van der Waals surface area contributed by atoms with E-state index in [4.69, 9.17) is 14.6 Å². The summed E-state index contributed by atoms with van der Waals surface area (Å²) in [6, 6.07) is 4.26. The Hall–Kier alpha value is -1.99. The van der Waals surface area contributed by atoms with Gasteiger partial charge in [-0.25, -0.2) is 0 Å². The Labute approximate surface area is 135 Å². The highest BCUT2D eigenvalue weighted by Gasteiger charge is 2.19. The van der Waals surface area contributed by atoms with Crippen molar-refractivity contribution in [2.24, 2.45) is 0 Å². The number of ether oxygens (including phenoxy) is 2. The lowest BCUT2D eigenvalue weighted by atomic mass is 10.2. The van der Waals surface area contributed by atoms with Crippen LogP contribution in [0.3, 0.4) is 0 Å². The average Bonchev–Trinajstić information content (AvgIpc) is 2.45. The fourth-order valence-corrected chi connectivity index (χ4v) is 1.67. The van der Waals surface area contributed by atoms with Crippen LogP contribution in [0.4, 0.5) is 5.69 Å². The molecule has 0 radical (unpaired) electrons. The van der Waals surface area contributed by atoms with Crippen molar-refractivity contribution < 1.29 is 24.2 Å². The minimum atomic E-state index is -0.976. The lowest BCUT2D eigenvalue weighted by Gasteiger charge is -2.20. The van der Waals surface area contributed by atoms with Crippen molar-refractivity contribution in [2.75, 3.05) is 33.1 Å². The molecule has 1 aromatic carbocycles. The Kier molecular flexibility index (Phi) is 8.29. The van der Waals surface area contributed by atoms with E-state index in [2.05, 4.69) is 5.32 Å². The summed E-state index contributed by atoms with van der Waals surface area (Å²) in [4.78, 5) is 24.2. The van der Waals surface area contributed by atoms with Crippen LogP contribution in [0.2, 0.25) is 0 Å². The van der Waals surface area contributed by atoms with E-state index in [1.54, 1.807) is 25.2 Å². The SMILES string of the molecule is COc1ccc(NC(=O)CN(C)C(C)C(=O)O)cc1OC.Cl. The first kappa shape index (κ1) is 20.0. The molecule has 0 spiro atoms. The molecule has 7 nitrogen and oxygen atoms in total. The molecule has 0 aliphatic carbocycles. The summed E-state index contributed by atoms with van der Waals surface area (Å²) in [7, 11) is 4.61. The number of methoxy groups -OCH3 is 2. The van der Waals surface area contributed by atoms with Gasteiger partial charge in [0.1, 0.15) is 6.04 Å². The summed E-state index contributed by atoms with van der Waals surface area (Å²) < 4.78 is 10.3. The summed E-state index contributed by atoms with van der Waals surface area (Å²) in [6.45, 7) is 1.49. The topological polar surface area (TPSA) is 88.1 Å². The summed E-state index contributed by atoms with van der Waals surface area (Å²) in [5.74, 6) is -0.219. The number of likely N-dealkylation sites (N-methyl/N-ethyl adjacent to an activating group) is 1. The van der Waals surface area contributed by atoms with Gasteiger partial charge in [0, 0.05) is 11.8 Å². The maximum Gasteiger partial charge on any atom is 0.320 e. The van der Waals surface area contributed by atoms with Gasteiger partial charge in [-0.05, 0) is 26.1 Å². The number of halogens is 1. The van der Waals surface area contributed by atoms with E-state index in [0.717, 1.165) is 0 Å². The van der Waals surface area contributed by atoms with Crippen molar-refractivity contribution in [1.82, 2.24) is 4.90 Å². The van der Waals surface area contributed by atoms with Crippen LogP contribution < -0.4 is 14.8 Å². The van der Waals surface area contributed by atoms with E-state index in [1.807, 2.05) is 0 Å². The Morgan fingerprint density at radius 1 is 1.27 bits per heavy atom. The van der Waals surface area contributed by atoms with Crippen molar-refractivity contribution in [3.05, 3.63) is 18.2 Å². The van der Waals surface area contributed by atoms with E-state index >= 15 is 0 Å². The predicted octanol–water partition coefficient (Wildman–Crippen LogP) is 1.47. The third kappa shape index (κ3) is 5.42. The predicted molar refractivity (Wildman–Crippen MR) is 85.2 cm³/mol. The van der Waals surface area contributed by atoms with Crippen molar-refractivity contribution in [1.29, 1.82) is 0 Å². The van der Waals surface area contributed by atoms with Crippen molar-refractivity contribution in [3.63, 3.8) is 0 Å². The number of benzene rings is 1. The molecule has 124 valence electrons. The molecular formula is C14H21ClN2O5. The molecule has 1 atom stereocenters. The monoisotopic (exact) mass is 332 g/mol. The standard InChI is InChI=1S/C14H20N2O5.ClH/c1-9(14(18)19)16(2)8-13(17)15-10-5-6-11(20-3)12(7-10)21-4;/h5-7,9H,8H2,1-4H3,(H,15,17)(H,18,19);1H. The fourth-order valence-electron chi connectivity index (χ4n) is 1.67. The highest BCUT2D eigenvalue weighted by molar-refractivity contribution is 5.93. The van der Waals surface area contributed by atoms with Crippen LogP contribution in [0.1, 0.15) is 6.92 Å². The van der Waals surface area contributed by atoms with Crippen LogP contribution in [0, 0.1) is 0 Å². The summed E-state index contributed by atoms with van der Waals surface area (Å²) in [5.41, 5.74) is 0.550. The molecule has 0 aliphatic rings. The summed E-state index contributed by atoms with van der Waals surface area (Å²) in [5, 5.41) is 11.6. The van der Waals surface area contributed by atoms with Gasteiger partial charge < -0.3 is 19.9 Å². The number of carboxylic acids is 1. The average molecular weight is 333 g/mol. The number of hydrogen-bond donors (Lipinski definition) is 2. The fraction of sp³-hybridized carbons (Fsp3) is 0.429. The zero-order chi connectivity index (χ0) is 16.0. The Morgan fingerprint density at radius 3 is 2.36 bits per heavy atom. The number of anilines is 1. The second-order valence-corrected chi connectivity index (χ2v) is 4.55. The maximum atomic E-state index is 11.9. The van der Waals surface area contributed by atoms with Crippen LogP contribution in [-0.4, -0.2) is 55.7 Å².